The lowest BCUT2D eigenvalue weighted by atomic mass is 10.1. The number of rotatable bonds is 5. The van der Waals surface area contributed by atoms with Gasteiger partial charge in [-0.05, 0) is 16.3 Å². The zero-order valence-corrected chi connectivity index (χ0v) is 10.1. The molecule has 1 aromatic heterocycles. The lowest BCUT2D eigenvalue weighted by Crippen LogP contribution is -2.58. The highest BCUT2D eigenvalue weighted by Crippen LogP contribution is 2.28. The van der Waals surface area contributed by atoms with Crippen LogP contribution >= 0.6 is 0 Å². The number of imidazole rings is 1. The SMILES string of the molecule is CCCN(c1c([N+](=O)[O-])ncn1C)C1CNC1. The predicted octanol–water partition coefficient (Wildman–Crippen LogP) is 0.516. The molecule has 7 heteroatoms. The number of aromatic nitrogens is 2. The highest BCUT2D eigenvalue weighted by Gasteiger charge is 2.32. The summed E-state index contributed by atoms with van der Waals surface area (Å²) in [6.45, 7) is 4.64. The highest BCUT2D eigenvalue weighted by molar-refractivity contribution is 5.55. The summed E-state index contributed by atoms with van der Waals surface area (Å²) in [4.78, 5) is 16.5. The van der Waals surface area contributed by atoms with Crippen molar-refractivity contribution in [2.24, 2.45) is 7.05 Å². The van der Waals surface area contributed by atoms with Crippen molar-refractivity contribution < 1.29 is 4.92 Å². The van der Waals surface area contributed by atoms with Gasteiger partial charge in [-0.3, -0.25) is 4.57 Å². The molecule has 1 fully saturated rings. The second-order valence-corrected chi connectivity index (χ2v) is 4.27. The lowest BCUT2D eigenvalue weighted by molar-refractivity contribution is -0.388. The summed E-state index contributed by atoms with van der Waals surface area (Å²) in [5.41, 5.74) is 0. The van der Waals surface area contributed by atoms with Gasteiger partial charge in [-0.25, -0.2) is 0 Å². The first kappa shape index (κ1) is 11.8. The summed E-state index contributed by atoms with van der Waals surface area (Å²) in [6, 6.07) is 0.337. The van der Waals surface area contributed by atoms with Gasteiger partial charge in [-0.1, -0.05) is 6.92 Å². The fourth-order valence-electron chi connectivity index (χ4n) is 2.07. The largest absolute Gasteiger partial charge is 0.406 e. The van der Waals surface area contributed by atoms with Gasteiger partial charge in [-0.15, -0.1) is 0 Å². The molecule has 0 aromatic carbocycles. The van der Waals surface area contributed by atoms with Gasteiger partial charge in [0.05, 0.1) is 6.04 Å². The molecule has 7 nitrogen and oxygen atoms in total. The third kappa shape index (κ3) is 2.10. The quantitative estimate of drug-likeness (QED) is 0.598. The molecule has 0 radical (unpaired) electrons. The molecule has 0 saturated carbocycles. The number of aryl methyl sites for hydroxylation is 1. The minimum Gasteiger partial charge on any atom is -0.358 e. The van der Waals surface area contributed by atoms with E-state index < -0.39 is 4.92 Å². The van der Waals surface area contributed by atoms with Gasteiger partial charge >= 0.3 is 5.82 Å². The number of nitrogens with zero attached hydrogens (tertiary/aromatic N) is 4. The molecule has 0 unspecified atom stereocenters. The van der Waals surface area contributed by atoms with Crippen LogP contribution < -0.4 is 10.2 Å². The Bertz CT molecular complexity index is 413. The second-order valence-electron chi connectivity index (χ2n) is 4.27. The minimum absolute atomic E-state index is 0.0483. The third-order valence-corrected chi connectivity index (χ3v) is 3.00. The van der Waals surface area contributed by atoms with Gasteiger partial charge in [-0.2, -0.15) is 0 Å². The molecule has 0 bridgehead atoms. The van der Waals surface area contributed by atoms with Crippen molar-refractivity contribution in [3.8, 4) is 0 Å². The first-order chi connectivity index (χ1) is 8.15. The zero-order chi connectivity index (χ0) is 12.4. The second kappa shape index (κ2) is 4.70. The van der Waals surface area contributed by atoms with E-state index in [9.17, 15) is 10.1 Å². The number of hydrogen-bond acceptors (Lipinski definition) is 5. The maximum Gasteiger partial charge on any atom is 0.406 e. The third-order valence-electron chi connectivity index (χ3n) is 3.00. The molecule has 2 heterocycles. The number of nitrogens with one attached hydrogen (secondary N) is 1. The Kier molecular flexibility index (Phi) is 3.28. The molecule has 0 atom stereocenters. The Morgan fingerprint density at radius 3 is 2.88 bits per heavy atom. The Balaban J connectivity index is 2.33. The van der Waals surface area contributed by atoms with Gasteiger partial charge in [0.25, 0.3) is 0 Å². The summed E-state index contributed by atoms with van der Waals surface area (Å²) in [5.74, 6) is 0.566. The van der Waals surface area contributed by atoms with Crippen LogP contribution in [0.1, 0.15) is 13.3 Å². The number of nitro groups is 1. The summed E-state index contributed by atoms with van der Waals surface area (Å²) in [6.07, 6.45) is 2.46. The molecular formula is C10H17N5O2. The van der Waals surface area contributed by atoms with Crippen molar-refractivity contribution in [2.75, 3.05) is 24.5 Å². The van der Waals surface area contributed by atoms with E-state index in [1.165, 1.54) is 6.33 Å². The van der Waals surface area contributed by atoms with E-state index in [-0.39, 0.29) is 5.82 Å². The van der Waals surface area contributed by atoms with Crippen LogP contribution in [0, 0.1) is 10.1 Å². The van der Waals surface area contributed by atoms with E-state index in [2.05, 4.69) is 22.1 Å². The summed E-state index contributed by atoms with van der Waals surface area (Å²) in [7, 11) is 1.80. The maximum absolute atomic E-state index is 11.0. The van der Waals surface area contributed by atoms with Crippen LogP contribution in [-0.2, 0) is 7.05 Å². The van der Waals surface area contributed by atoms with Crippen LogP contribution in [0.3, 0.4) is 0 Å². The topological polar surface area (TPSA) is 76.2 Å². The molecule has 0 aliphatic carbocycles. The van der Waals surface area contributed by atoms with Crippen LogP contribution in [-0.4, -0.2) is 40.2 Å². The van der Waals surface area contributed by atoms with Crippen LogP contribution in [0.4, 0.5) is 11.6 Å². The van der Waals surface area contributed by atoms with E-state index in [0.29, 0.717) is 11.9 Å². The minimum atomic E-state index is -0.413. The smallest absolute Gasteiger partial charge is 0.358 e. The van der Waals surface area contributed by atoms with Crippen LogP contribution in [0.15, 0.2) is 6.33 Å². The average Bonchev–Trinajstić information content (AvgIpc) is 2.56. The molecule has 94 valence electrons. The van der Waals surface area contributed by atoms with E-state index in [1.54, 1.807) is 11.6 Å². The Morgan fingerprint density at radius 1 is 1.71 bits per heavy atom. The predicted molar refractivity (Wildman–Crippen MR) is 64.2 cm³/mol. The standard InChI is InChI=1S/C10H17N5O2/c1-3-4-14(8-5-11-6-8)10-9(15(16)17)12-7-13(10)2/h7-8,11H,3-6H2,1-2H3. The summed E-state index contributed by atoms with van der Waals surface area (Å²) >= 11 is 0. The van der Waals surface area contributed by atoms with Crippen molar-refractivity contribution in [1.29, 1.82) is 0 Å². The monoisotopic (exact) mass is 239 g/mol. The van der Waals surface area contributed by atoms with Gasteiger partial charge in [0, 0.05) is 26.7 Å². The van der Waals surface area contributed by atoms with Gasteiger partial charge in [0.15, 0.2) is 0 Å². The van der Waals surface area contributed by atoms with Crippen molar-refractivity contribution >= 4 is 11.6 Å². The Labute approximate surface area is 99.6 Å². The van der Waals surface area contributed by atoms with Crippen LogP contribution in [0.5, 0.6) is 0 Å². The molecule has 0 spiro atoms. The fourth-order valence-corrected chi connectivity index (χ4v) is 2.07. The molecule has 17 heavy (non-hydrogen) atoms. The summed E-state index contributed by atoms with van der Waals surface area (Å²) < 4.78 is 1.73. The molecule has 1 aliphatic rings. The first-order valence-electron chi connectivity index (χ1n) is 5.78. The first-order valence-corrected chi connectivity index (χ1v) is 5.78. The van der Waals surface area contributed by atoms with Crippen molar-refractivity contribution in [3.05, 3.63) is 16.4 Å². The average molecular weight is 239 g/mol. The Hall–Kier alpha value is -1.63. The highest BCUT2D eigenvalue weighted by atomic mass is 16.6. The lowest BCUT2D eigenvalue weighted by Gasteiger charge is -2.38. The Morgan fingerprint density at radius 2 is 2.41 bits per heavy atom. The molecule has 0 amide bonds. The van der Waals surface area contributed by atoms with Crippen LogP contribution in [0.2, 0.25) is 0 Å². The summed E-state index contributed by atoms with van der Waals surface area (Å²) in [5, 5.41) is 14.1. The van der Waals surface area contributed by atoms with Gasteiger partial charge < -0.3 is 20.3 Å². The van der Waals surface area contributed by atoms with Crippen molar-refractivity contribution in [1.82, 2.24) is 14.9 Å². The number of hydrogen-bond donors (Lipinski definition) is 1. The fraction of sp³-hybridized carbons (Fsp3) is 0.700. The van der Waals surface area contributed by atoms with E-state index in [4.69, 9.17) is 0 Å². The molecule has 2 rings (SSSR count). The van der Waals surface area contributed by atoms with Gasteiger partial charge in [0.1, 0.15) is 0 Å². The number of anilines is 1. The maximum atomic E-state index is 11.0. The van der Waals surface area contributed by atoms with Gasteiger partial charge in [0.2, 0.25) is 12.1 Å². The molecule has 1 saturated heterocycles. The van der Waals surface area contributed by atoms with E-state index in [0.717, 1.165) is 26.1 Å². The molecule has 1 aromatic rings. The molecule has 1 N–H and O–H groups in total. The van der Waals surface area contributed by atoms with Crippen LogP contribution in [0.25, 0.3) is 0 Å². The van der Waals surface area contributed by atoms with E-state index in [1.807, 2.05) is 0 Å². The van der Waals surface area contributed by atoms with E-state index >= 15 is 0 Å². The molecule has 1 aliphatic heterocycles. The normalized spacial score (nSPS) is 15.6. The van der Waals surface area contributed by atoms with Crippen molar-refractivity contribution in [2.45, 2.75) is 19.4 Å². The van der Waals surface area contributed by atoms with Crippen molar-refractivity contribution in [3.63, 3.8) is 0 Å². The molecular weight excluding hydrogens is 222 g/mol. The zero-order valence-electron chi connectivity index (χ0n) is 10.1.